The van der Waals surface area contributed by atoms with Crippen molar-refractivity contribution in [3.05, 3.63) is 65.7 Å². The molecule has 6 nitrogen and oxygen atoms in total. The summed E-state index contributed by atoms with van der Waals surface area (Å²) in [7, 11) is 0. The summed E-state index contributed by atoms with van der Waals surface area (Å²) >= 11 is 0. The fourth-order valence-electron chi connectivity index (χ4n) is 3.47. The molecule has 0 saturated heterocycles. The second-order valence-corrected chi connectivity index (χ2v) is 7.12. The highest BCUT2D eigenvalue weighted by atomic mass is 16.5. The molecule has 2 aromatic carbocycles. The van der Waals surface area contributed by atoms with Gasteiger partial charge >= 0.3 is 6.09 Å². The first-order valence-electron chi connectivity index (χ1n) is 9.63. The maximum Gasteiger partial charge on any atom is 0.407 e. The van der Waals surface area contributed by atoms with Crippen LogP contribution in [0.1, 0.15) is 30.4 Å². The molecule has 1 saturated carbocycles. The highest BCUT2D eigenvalue weighted by Crippen LogP contribution is 2.26. The summed E-state index contributed by atoms with van der Waals surface area (Å²) in [6, 6.07) is 16.5. The van der Waals surface area contributed by atoms with Gasteiger partial charge in [-0.05, 0) is 48.9 Å². The third kappa shape index (κ3) is 6.01. The van der Waals surface area contributed by atoms with Crippen molar-refractivity contribution in [3.63, 3.8) is 0 Å². The molecular weight excluding hydrogens is 356 g/mol. The van der Waals surface area contributed by atoms with E-state index in [2.05, 4.69) is 10.6 Å². The van der Waals surface area contributed by atoms with E-state index in [1.54, 1.807) is 18.2 Å². The molecule has 0 aromatic heterocycles. The van der Waals surface area contributed by atoms with Gasteiger partial charge < -0.3 is 20.5 Å². The molecule has 148 valence electrons. The summed E-state index contributed by atoms with van der Waals surface area (Å²) < 4.78 is 5.24. The molecule has 28 heavy (non-hydrogen) atoms. The van der Waals surface area contributed by atoms with Crippen LogP contribution in [0.5, 0.6) is 5.75 Å². The summed E-state index contributed by atoms with van der Waals surface area (Å²) in [6.45, 7) is 0.758. The van der Waals surface area contributed by atoms with E-state index in [9.17, 15) is 14.7 Å². The zero-order chi connectivity index (χ0) is 19.8. The van der Waals surface area contributed by atoms with Crippen LogP contribution in [-0.2, 0) is 22.6 Å². The van der Waals surface area contributed by atoms with E-state index in [1.807, 2.05) is 36.4 Å². The second-order valence-electron chi connectivity index (χ2n) is 7.12. The van der Waals surface area contributed by atoms with E-state index < -0.39 is 6.09 Å². The number of aromatic hydroxyl groups is 1. The zero-order valence-electron chi connectivity index (χ0n) is 15.8. The molecule has 6 heteroatoms. The lowest BCUT2D eigenvalue weighted by Gasteiger charge is -2.14. The predicted molar refractivity (Wildman–Crippen MR) is 106 cm³/mol. The van der Waals surface area contributed by atoms with Gasteiger partial charge in [0.2, 0.25) is 5.91 Å². The fraction of sp³-hybridized carbons (Fsp3) is 0.364. The number of phenolic OH excluding ortho intramolecular Hbond substituents is 1. The number of carbonyl (C=O) groups is 2. The van der Waals surface area contributed by atoms with Crippen molar-refractivity contribution < 1.29 is 19.4 Å². The largest absolute Gasteiger partial charge is 0.508 e. The summed E-state index contributed by atoms with van der Waals surface area (Å²) in [4.78, 5) is 24.3. The van der Waals surface area contributed by atoms with Crippen LogP contribution in [0.25, 0.3) is 0 Å². The number of amides is 2. The van der Waals surface area contributed by atoms with Gasteiger partial charge in [0.25, 0.3) is 0 Å². The smallest absolute Gasteiger partial charge is 0.407 e. The van der Waals surface area contributed by atoms with Crippen LogP contribution in [0.15, 0.2) is 54.6 Å². The number of phenols is 1. The van der Waals surface area contributed by atoms with Gasteiger partial charge in [-0.2, -0.15) is 0 Å². The Morgan fingerprint density at radius 2 is 1.82 bits per heavy atom. The number of nitrogens with one attached hydrogen (secondary N) is 2. The molecule has 1 aliphatic rings. The summed E-state index contributed by atoms with van der Waals surface area (Å²) in [6.07, 6.45) is 2.37. The molecule has 0 bridgehead atoms. The molecule has 0 aliphatic heterocycles. The molecule has 2 amide bonds. The summed E-state index contributed by atoms with van der Waals surface area (Å²) in [5.41, 5.74) is 1.92. The number of ether oxygens (including phenoxy) is 1. The van der Waals surface area contributed by atoms with Crippen molar-refractivity contribution >= 4 is 12.0 Å². The normalized spacial score (nSPS) is 18.4. The lowest BCUT2D eigenvalue weighted by Crippen LogP contribution is -2.35. The van der Waals surface area contributed by atoms with Gasteiger partial charge in [-0.25, -0.2) is 4.79 Å². The molecule has 3 N–H and O–H groups in total. The van der Waals surface area contributed by atoms with Crippen molar-refractivity contribution in [2.24, 2.45) is 5.92 Å². The highest BCUT2D eigenvalue weighted by Gasteiger charge is 2.30. The van der Waals surface area contributed by atoms with Crippen molar-refractivity contribution in [3.8, 4) is 5.75 Å². The molecular formula is C22H26N2O4. The minimum Gasteiger partial charge on any atom is -0.508 e. The molecule has 0 heterocycles. The first-order valence-corrected chi connectivity index (χ1v) is 9.63. The van der Waals surface area contributed by atoms with E-state index in [0.29, 0.717) is 19.4 Å². The Hall–Kier alpha value is -3.02. The van der Waals surface area contributed by atoms with Crippen molar-refractivity contribution in [2.75, 3.05) is 6.54 Å². The number of hydrogen-bond acceptors (Lipinski definition) is 4. The molecule has 1 fully saturated rings. The molecule has 2 aromatic rings. The van der Waals surface area contributed by atoms with Gasteiger partial charge in [0.1, 0.15) is 12.4 Å². The quantitative estimate of drug-likeness (QED) is 0.686. The zero-order valence-corrected chi connectivity index (χ0v) is 15.8. The average molecular weight is 382 g/mol. The maximum absolute atomic E-state index is 12.3. The molecule has 2 unspecified atom stereocenters. The third-order valence-electron chi connectivity index (χ3n) is 4.96. The Morgan fingerprint density at radius 3 is 2.61 bits per heavy atom. The molecule has 2 atom stereocenters. The van der Waals surface area contributed by atoms with Crippen LogP contribution in [0.2, 0.25) is 0 Å². The van der Waals surface area contributed by atoms with Gasteiger partial charge in [-0.15, -0.1) is 0 Å². The number of benzene rings is 2. The van der Waals surface area contributed by atoms with Crippen LogP contribution >= 0.6 is 0 Å². The molecule has 1 aliphatic carbocycles. The number of hydrogen-bond donors (Lipinski definition) is 3. The Bertz CT molecular complexity index is 794. The fourth-order valence-corrected chi connectivity index (χ4v) is 3.47. The van der Waals surface area contributed by atoms with Gasteiger partial charge in [0.15, 0.2) is 0 Å². The first-order chi connectivity index (χ1) is 13.6. The van der Waals surface area contributed by atoms with Crippen molar-refractivity contribution in [2.45, 2.75) is 38.3 Å². The van der Waals surface area contributed by atoms with E-state index in [-0.39, 0.29) is 30.2 Å². The van der Waals surface area contributed by atoms with E-state index in [0.717, 1.165) is 24.0 Å². The Balaban J connectivity index is 1.34. The van der Waals surface area contributed by atoms with Gasteiger partial charge in [-0.1, -0.05) is 42.5 Å². The van der Waals surface area contributed by atoms with E-state index in [1.165, 1.54) is 0 Å². The lowest BCUT2D eigenvalue weighted by molar-refractivity contribution is -0.124. The maximum atomic E-state index is 12.3. The topological polar surface area (TPSA) is 87.7 Å². The third-order valence-corrected chi connectivity index (χ3v) is 4.96. The van der Waals surface area contributed by atoms with Crippen LogP contribution in [0.3, 0.4) is 0 Å². The minimum absolute atomic E-state index is 0.0158. The number of carbonyl (C=O) groups excluding carboxylic acids is 2. The van der Waals surface area contributed by atoms with Crippen LogP contribution in [0.4, 0.5) is 4.79 Å². The SMILES string of the molecule is O=C(NC1CCC(C(=O)NCCc2cccc(O)c2)C1)OCc1ccccc1. The van der Waals surface area contributed by atoms with E-state index >= 15 is 0 Å². The lowest BCUT2D eigenvalue weighted by atomic mass is 10.1. The Labute approximate surface area is 164 Å². The number of rotatable bonds is 7. The summed E-state index contributed by atoms with van der Waals surface area (Å²) in [5.74, 6) is 0.151. The highest BCUT2D eigenvalue weighted by molar-refractivity contribution is 5.79. The minimum atomic E-state index is -0.446. The molecule has 0 spiro atoms. The standard InChI is InChI=1S/C22H26N2O4/c25-20-8-4-7-16(13-20)11-12-23-21(26)18-9-10-19(14-18)24-22(27)28-15-17-5-2-1-3-6-17/h1-8,13,18-19,25H,9-12,14-15H2,(H,23,26)(H,24,27). The number of alkyl carbamates (subject to hydrolysis) is 1. The second kappa shape index (κ2) is 9.78. The Kier molecular flexibility index (Phi) is 6.89. The van der Waals surface area contributed by atoms with Gasteiger partial charge in [-0.3, -0.25) is 4.79 Å². The molecule has 3 rings (SSSR count). The average Bonchev–Trinajstić information content (AvgIpc) is 3.16. The monoisotopic (exact) mass is 382 g/mol. The Morgan fingerprint density at radius 1 is 1.04 bits per heavy atom. The summed E-state index contributed by atoms with van der Waals surface area (Å²) in [5, 5.41) is 15.3. The van der Waals surface area contributed by atoms with Crippen LogP contribution < -0.4 is 10.6 Å². The van der Waals surface area contributed by atoms with Gasteiger partial charge in [0, 0.05) is 18.5 Å². The van der Waals surface area contributed by atoms with Gasteiger partial charge in [0.05, 0.1) is 0 Å². The van der Waals surface area contributed by atoms with Crippen LogP contribution in [-0.4, -0.2) is 29.7 Å². The van der Waals surface area contributed by atoms with Crippen LogP contribution in [0, 0.1) is 5.92 Å². The van der Waals surface area contributed by atoms with Crippen molar-refractivity contribution in [1.82, 2.24) is 10.6 Å². The molecule has 0 radical (unpaired) electrons. The predicted octanol–water partition coefficient (Wildman–Crippen LogP) is 3.15. The van der Waals surface area contributed by atoms with Crippen molar-refractivity contribution in [1.29, 1.82) is 0 Å². The first kappa shape index (κ1) is 19.7. The van der Waals surface area contributed by atoms with E-state index in [4.69, 9.17) is 4.74 Å².